The molecule has 2 aromatic carbocycles. The van der Waals surface area contributed by atoms with Crippen LogP contribution in [0, 0.1) is 5.41 Å². The molecule has 0 spiro atoms. The highest BCUT2D eigenvalue weighted by Gasteiger charge is 2.27. The molecule has 1 aromatic heterocycles. The summed E-state index contributed by atoms with van der Waals surface area (Å²) in [5, 5.41) is 14.3. The van der Waals surface area contributed by atoms with Crippen molar-refractivity contribution in [3.63, 3.8) is 0 Å². The molecule has 33 heavy (non-hydrogen) atoms. The SMILES string of the molecule is COc1cc(C(=O)c2c(NCCC(C)(C)C)oc3c(O)c(OC)ccc23)cc(OC)c1OC. The minimum atomic E-state index is -0.323. The molecule has 3 aromatic rings. The number of furan rings is 1. The molecule has 1 heterocycles. The van der Waals surface area contributed by atoms with Crippen LogP contribution in [0.15, 0.2) is 28.7 Å². The number of phenols is 1. The number of ketones is 1. The molecule has 0 aliphatic rings. The fraction of sp³-hybridized carbons (Fsp3) is 0.400. The number of fused-ring (bicyclic) bond motifs is 1. The van der Waals surface area contributed by atoms with E-state index in [1.54, 1.807) is 24.3 Å². The molecular formula is C25H31NO7. The van der Waals surface area contributed by atoms with E-state index in [2.05, 4.69) is 26.1 Å². The van der Waals surface area contributed by atoms with E-state index in [1.165, 1.54) is 28.4 Å². The first-order valence-corrected chi connectivity index (χ1v) is 10.6. The number of hydrogen-bond acceptors (Lipinski definition) is 8. The highest BCUT2D eigenvalue weighted by Crippen LogP contribution is 2.43. The summed E-state index contributed by atoms with van der Waals surface area (Å²) in [6.07, 6.45) is 0.844. The molecule has 0 bridgehead atoms. The average Bonchev–Trinajstić information content (AvgIpc) is 3.15. The number of carbonyl (C=O) groups excluding carboxylic acids is 1. The summed E-state index contributed by atoms with van der Waals surface area (Å²) < 4.78 is 27.3. The van der Waals surface area contributed by atoms with E-state index in [4.69, 9.17) is 23.4 Å². The Bertz CT molecular complexity index is 1130. The third kappa shape index (κ3) is 4.79. The van der Waals surface area contributed by atoms with Crippen LogP contribution in [-0.4, -0.2) is 45.9 Å². The Morgan fingerprint density at radius 1 is 0.970 bits per heavy atom. The summed E-state index contributed by atoms with van der Waals surface area (Å²) in [6.45, 7) is 6.97. The lowest BCUT2D eigenvalue weighted by atomic mass is 9.92. The number of aromatic hydroxyl groups is 1. The van der Waals surface area contributed by atoms with E-state index in [0.29, 0.717) is 40.3 Å². The summed E-state index contributed by atoms with van der Waals surface area (Å²) in [7, 11) is 5.93. The van der Waals surface area contributed by atoms with Crippen LogP contribution >= 0.6 is 0 Å². The third-order valence-electron chi connectivity index (χ3n) is 5.33. The van der Waals surface area contributed by atoms with Gasteiger partial charge in [0.25, 0.3) is 0 Å². The number of benzene rings is 2. The van der Waals surface area contributed by atoms with Gasteiger partial charge in [-0.05, 0) is 36.1 Å². The van der Waals surface area contributed by atoms with Crippen LogP contribution in [0.3, 0.4) is 0 Å². The van der Waals surface area contributed by atoms with Crippen LogP contribution in [0.2, 0.25) is 0 Å². The molecule has 178 valence electrons. The zero-order valence-electron chi connectivity index (χ0n) is 20.1. The number of carbonyl (C=O) groups is 1. The smallest absolute Gasteiger partial charge is 0.205 e. The topological polar surface area (TPSA) is 99.4 Å². The van der Waals surface area contributed by atoms with Gasteiger partial charge in [0.15, 0.2) is 28.6 Å². The first-order valence-electron chi connectivity index (χ1n) is 10.6. The maximum atomic E-state index is 13.7. The summed E-state index contributed by atoms with van der Waals surface area (Å²) >= 11 is 0. The molecule has 0 aliphatic heterocycles. The van der Waals surface area contributed by atoms with Gasteiger partial charge in [0, 0.05) is 17.5 Å². The van der Waals surface area contributed by atoms with Crippen molar-refractivity contribution in [3.05, 3.63) is 35.4 Å². The molecule has 0 atom stereocenters. The van der Waals surface area contributed by atoms with E-state index in [9.17, 15) is 9.90 Å². The molecule has 0 saturated heterocycles. The predicted octanol–water partition coefficient (Wildman–Crippen LogP) is 5.25. The van der Waals surface area contributed by atoms with Crippen molar-refractivity contribution in [2.75, 3.05) is 40.3 Å². The Morgan fingerprint density at radius 2 is 1.58 bits per heavy atom. The molecule has 3 rings (SSSR count). The normalized spacial score (nSPS) is 11.4. The summed E-state index contributed by atoms with van der Waals surface area (Å²) in [5.41, 5.74) is 0.876. The van der Waals surface area contributed by atoms with Gasteiger partial charge < -0.3 is 33.8 Å². The largest absolute Gasteiger partial charge is 0.502 e. The number of phenolic OH excluding ortho intramolecular Hbond substituents is 1. The molecule has 0 aliphatic carbocycles. The van der Waals surface area contributed by atoms with E-state index in [1.807, 2.05) is 0 Å². The number of rotatable bonds is 9. The van der Waals surface area contributed by atoms with Crippen molar-refractivity contribution < 1.29 is 33.3 Å². The first kappa shape index (κ1) is 24.1. The number of methoxy groups -OCH3 is 4. The molecule has 2 N–H and O–H groups in total. The van der Waals surface area contributed by atoms with Crippen LogP contribution in [0.25, 0.3) is 11.0 Å². The second-order valence-electron chi connectivity index (χ2n) is 8.78. The second kappa shape index (κ2) is 9.52. The van der Waals surface area contributed by atoms with Crippen molar-refractivity contribution >= 4 is 22.6 Å². The summed E-state index contributed by atoms with van der Waals surface area (Å²) in [5.74, 6) is 1.15. The molecule has 0 amide bonds. The van der Waals surface area contributed by atoms with Crippen LogP contribution in [0.5, 0.6) is 28.7 Å². The highest BCUT2D eigenvalue weighted by molar-refractivity contribution is 6.20. The fourth-order valence-corrected chi connectivity index (χ4v) is 3.55. The van der Waals surface area contributed by atoms with E-state index >= 15 is 0 Å². The molecule has 0 radical (unpaired) electrons. The zero-order chi connectivity index (χ0) is 24.3. The summed E-state index contributed by atoms with van der Waals surface area (Å²) in [6, 6.07) is 6.46. The van der Waals surface area contributed by atoms with E-state index in [-0.39, 0.29) is 34.2 Å². The van der Waals surface area contributed by atoms with Gasteiger partial charge >= 0.3 is 0 Å². The molecule has 8 nitrogen and oxygen atoms in total. The van der Waals surface area contributed by atoms with Crippen molar-refractivity contribution in [1.82, 2.24) is 0 Å². The predicted molar refractivity (Wildman–Crippen MR) is 127 cm³/mol. The Morgan fingerprint density at radius 3 is 2.09 bits per heavy atom. The highest BCUT2D eigenvalue weighted by atomic mass is 16.5. The number of hydrogen-bond donors (Lipinski definition) is 2. The van der Waals surface area contributed by atoms with Crippen molar-refractivity contribution in [1.29, 1.82) is 0 Å². The van der Waals surface area contributed by atoms with Crippen molar-refractivity contribution in [2.45, 2.75) is 27.2 Å². The van der Waals surface area contributed by atoms with Gasteiger partial charge in [-0.1, -0.05) is 20.8 Å². The molecule has 0 unspecified atom stereocenters. The standard InChI is InChI=1S/C25H31NO7/c1-25(2,3)10-11-26-24-19(15-8-9-16(29-4)21(28)22(15)33-24)20(27)14-12-17(30-5)23(32-7)18(13-14)31-6/h8-9,12-13,26,28H,10-11H2,1-7H3. The van der Waals surface area contributed by atoms with E-state index < -0.39 is 0 Å². The van der Waals surface area contributed by atoms with Gasteiger partial charge in [0.05, 0.1) is 34.0 Å². The van der Waals surface area contributed by atoms with Gasteiger partial charge in [-0.2, -0.15) is 0 Å². The lowest BCUT2D eigenvalue weighted by Gasteiger charge is -2.18. The third-order valence-corrected chi connectivity index (χ3v) is 5.33. The number of anilines is 1. The molecule has 0 saturated carbocycles. The lowest BCUT2D eigenvalue weighted by molar-refractivity contribution is 0.103. The number of nitrogens with one attached hydrogen (secondary N) is 1. The summed E-state index contributed by atoms with van der Waals surface area (Å²) in [4.78, 5) is 13.7. The Labute approximate surface area is 193 Å². The monoisotopic (exact) mass is 457 g/mol. The minimum absolute atomic E-state index is 0.0886. The molecule has 8 heteroatoms. The van der Waals surface area contributed by atoms with Gasteiger partial charge in [0.1, 0.15) is 0 Å². The number of ether oxygens (including phenoxy) is 4. The molecule has 0 fully saturated rings. The Balaban J connectivity index is 2.16. The van der Waals surface area contributed by atoms with Crippen LogP contribution in [-0.2, 0) is 0 Å². The maximum Gasteiger partial charge on any atom is 0.205 e. The van der Waals surface area contributed by atoms with Gasteiger partial charge in [-0.15, -0.1) is 0 Å². The van der Waals surface area contributed by atoms with Crippen molar-refractivity contribution in [2.24, 2.45) is 5.41 Å². The maximum absolute atomic E-state index is 13.7. The van der Waals surface area contributed by atoms with Gasteiger partial charge in [-0.25, -0.2) is 0 Å². The van der Waals surface area contributed by atoms with Crippen LogP contribution in [0.4, 0.5) is 5.88 Å². The lowest BCUT2D eigenvalue weighted by Crippen LogP contribution is -2.14. The molecular weight excluding hydrogens is 426 g/mol. The quantitative estimate of drug-likeness (QED) is 0.420. The minimum Gasteiger partial charge on any atom is -0.502 e. The van der Waals surface area contributed by atoms with E-state index in [0.717, 1.165) is 6.42 Å². The average molecular weight is 458 g/mol. The van der Waals surface area contributed by atoms with Crippen molar-refractivity contribution in [3.8, 4) is 28.7 Å². The Kier molecular flexibility index (Phi) is 6.95. The second-order valence-corrected chi connectivity index (χ2v) is 8.78. The van der Waals surface area contributed by atoms with Gasteiger partial charge in [0.2, 0.25) is 17.4 Å². The van der Waals surface area contributed by atoms with Crippen LogP contribution < -0.4 is 24.3 Å². The zero-order valence-corrected chi connectivity index (χ0v) is 20.1. The fourth-order valence-electron chi connectivity index (χ4n) is 3.55. The first-order chi connectivity index (χ1) is 15.6. The van der Waals surface area contributed by atoms with Gasteiger partial charge in [-0.3, -0.25) is 4.79 Å². The Hall–Kier alpha value is -3.55. The van der Waals surface area contributed by atoms with Crippen LogP contribution in [0.1, 0.15) is 43.1 Å².